The first-order valence-corrected chi connectivity index (χ1v) is 24.7. The molecular formula is C70H49N. The summed E-state index contributed by atoms with van der Waals surface area (Å²) in [6, 6.07) is 103. The van der Waals surface area contributed by atoms with Crippen LogP contribution in [0.1, 0.15) is 23.6 Å². The number of hydrogen-bond donors (Lipinski definition) is 0. The summed E-state index contributed by atoms with van der Waals surface area (Å²) in [5.41, 5.74) is 21.3. The summed E-state index contributed by atoms with van der Waals surface area (Å²) in [5, 5.41) is 4.98. The van der Waals surface area contributed by atoms with Crippen LogP contribution in [0.3, 0.4) is 0 Å². The Morgan fingerprint density at radius 2 is 0.761 bits per heavy atom. The van der Waals surface area contributed by atoms with Gasteiger partial charge < -0.3 is 4.90 Å². The third-order valence-electron chi connectivity index (χ3n) is 14.9. The van der Waals surface area contributed by atoms with Crippen molar-refractivity contribution >= 4 is 38.6 Å². The predicted molar refractivity (Wildman–Crippen MR) is 301 cm³/mol. The minimum atomic E-state index is -0.354. The molecule has 71 heavy (non-hydrogen) atoms. The average molecular weight is 904 g/mol. The highest BCUT2D eigenvalue weighted by Gasteiger charge is 2.42. The van der Waals surface area contributed by atoms with Crippen molar-refractivity contribution in [1.29, 1.82) is 0 Å². The molecule has 0 heterocycles. The van der Waals surface area contributed by atoms with Crippen LogP contribution in [-0.4, -0.2) is 0 Å². The van der Waals surface area contributed by atoms with E-state index < -0.39 is 0 Å². The van der Waals surface area contributed by atoms with Crippen LogP contribution in [-0.2, 0) is 5.41 Å². The molecule has 0 radical (unpaired) electrons. The van der Waals surface area contributed by atoms with Gasteiger partial charge in [0.25, 0.3) is 0 Å². The van der Waals surface area contributed by atoms with Crippen LogP contribution in [0.15, 0.2) is 279 Å². The maximum Gasteiger partial charge on any atom is 0.0543 e. The van der Waals surface area contributed by atoms with Crippen molar-refractivity contribution in [3.63, 3.8) is 0 Å². The summed E-state index contributed by atoms with van der Waals surface area (Å²) in [7, 11) is 0. The number of hydrogen-bond acceptors (Lipinski definition) is 1. The minimum Gasteiger partial charge on any atom is -0.310 e. The van der Waals surface area contributed by atoms with Gasteiger partial charge in [-0.2, -0.15) is 0 Å². The van der Waals surface area contributed by atoms with E-state index in [4.69, 9.17) is 0 Å². The molecule has 0 saturated carbocycles. The van der Waals surface area contributed by atoms with E-state index in [-0.39, 0.29) is 5.41 Å². The van der Waals surface area contributed by atoms with Crippen molar-refractivity contribution in [3.8, 4) is 66.8 Å². The van der Waals surface area contributed by atoms with E-state index in [1.165, 1.54) is 93.9 Å². The molecule has 334 valence electrons. The molecule has 0 amide bonds. The lowest BCUT2D eigenvalue weighted by atomic mass is 9.74. The molecular weight excluding hydrogens is 855 g/mol. The molecule has 1 nitrogen and oxygen atoms in total. The summed E-state index contributed by atoms with van der Waals surface area (Å²) < 4.78 is 0. The number of anilines is 3. The lowest BCUT2D eigenvalue weighted by molar-refractivity contribution is 0.714. The topological polar surface area (TPSA) is 3.24 Å². The number of rotatable bonds is 9. The zero-order chi connectivity index (χ0) is 47.3. The maximum atomic E-state index is 2.51. The molecule has 0 N–H and O–H groups in total. The van der Waals surface area contributed by atoms with E-state index in [0.29, 0.717) is 0 Å². The highest BCUT2D eigenvalue weighted by Crippen LogP contribution is 2.57. The molecule has 1 aliphatic carbocycles. The van der Waals surface area contributed by atoms with E-state index in [2.05, 4.69) is 291 Å². The molecule has 1 unspecified atom stereocenters. The Hall–Kier alpha value is -9.04. The van der Waals surface area contributed by atoms with Gasteiger partial charge >= 0.3 is 0 Å². The first-order valence-electron chi connectivity index (χ1n) is 24.7. The van der Waals surface area contributed by atoms with Gasteiger partial charge in [-0.1, -0.05) is 243 Å². The van der Waals surface area contributed by atoms with Gasteiger partial charge in [-0.3, -0.25) is 0 Å². The van der Waals surface area contributed by atoms with Crippen LogP contribution >= 0.6 is 0 Å². The van der Waals surface area contributed by atoms with Gasteiger partial charge in [-0.15, -0.1) is 0 Å². The van der Waals surface area contributed by atoms with Gasteiger partial charge in [0.1, 0.15) is 0 Å². The first-order chi connectivity index (χ1) is 35.1. The third-order valence-corrected chi connectivity index (χ3v) is 14.9. The Labute approximate surface area is 416 Å². The molecule has 0 saturated heterocycles. The number of nitrogens with zero attached hydrogens (tertiary/aromatic N) is 1. The average Bonchev–Trinajstić information content (AvgIpc) is 3.72. The second-order valence-corrected chi connectivity index (χ2v) is 18.9. The third kappa shape index (κ3) is 7.08. The molecule has 12 aromatic carbocycles. The van der Waals surface area contributed by atoms with Crippen molar-refractivity contribution in [3.05, 3.63) is 296 Å². The fourth-order valence-electron chi connectivity index (χ4n) is 11.6. The van der Waals surface area contributed by atoms with Gasteiger partial charge in [-0.25, -0.2) is 0 Å². The normalized spacial score (nSPS) is 13.8. The fraction of sp³-hybridized carbons (Fsp3) is 0.0286. The van der Waals surface area contributed by atoms with Crippen molar-refractivity contribution in [2.45, 2.75) is 12.3 Å². The van der Waals surface area contributed by atoms with Crippen molar-refractivity contribution in [2.24, 2.45) is 0 Å². The zero-order valence-corrected chi connectivity index (χ0v) is 39.5. The first kappa shape index (κ1) is 42.1. The molecule has 1 aliphatic rings. The Balaban J connectivity index is 1.06. The van der Waals surface area contributed by atoms with Crippen LogP contribution in [0.5, 0.6) is 0 Å². The van der Waals surface area contributed by atoms with Crippen molar-refractivity contribution in [1.82, 2.24) is 0 Å². The van der Waals surface area contributed by atoms with Crippen LogP contribution in [0, 0.1) is 0 Å². The van der Waals surface area contributed by atoms with Crippen LogP contribution in [0.2, 0.25) is 0 Å². The van der Waals surface area contributed by atoms with E-state index in [1.54, 1.807) is 0 Å². The van der Waals surface area contributed by atoms with Gasteiger partial charge in [0, 0.05) is 22.4 Å². The molecule has 0 fully saturated rings. The molecule has 1 heteroatoms. The predicted octanol–water partition coefficient (Wildman–Crippen LogP) is 19.1. The van der Waals surface area contributed by atoms with Crippen molar-refractivity contribution < 1.29 is 0 Å². The van der Waals surface area contributed by atoms with E-state index >= 15 is 0 Å². The van der Waals surface area contributed by atoms with Crippen molar-refractivity contribution in [2.75, 3.05) is 4.90 Å². The SMILES string of the molecule is CC1(c2ccccc2)c2ccccc2-c2c(N(c3cccc(-c4ccc5c(c4)c(-c4ccccc4)c(-c4ccccc4)c4ccccc45)c3)c3ccc(-c4ccccc4)c(-c4ccccc4)c3)cccc21. The van der Waals surface area contributed by atoms with Crippen LogP contribution in [0.25, 0.3) is 88.3 Å². The maximum absolute atomic E-state index is 2.51. The standard InChI is InChI=1S/C70H49N/c1-70(54-32-15-6-16-33-54)64-38-20-19-37-61(64)69-65(70)39-22-40-66(69)71(56-42-44-57(48-23-7-2-8-24-48)62(47-56)49-25-9-3-10-26-49)55-34-21-31-52(45-55)53-41-43-59-58-35-17-18-36-60(58)67(50-27-11-4-12-28-50)68(63(59)46-53)51-29-13-5-14-30-51/h2-47H,1H3. The highest BCUT2D eigenvalue weighted by molar-refractivity contribution is 6.22. The zero-order valence-electron chi connectivity index (χ0n) is 39.5. The molecule has 0 aliphatic heterocycles. The summed E-state index contributed by atoms with van der Waals surface area (Å²) >= 11 is 0. The molecule has 0 aromatic heterocycles. The summed E-state index contributed by atoms with van der Waals surface area (Å²) in [4.78, 5) is 2.51. The minimum absolute atomic E-state index is 0.354. The quantitative estimate of drug-likeness (QED) is 0.130. The molecule has 12 aromatic rings. The Morgan fingerprint density at radius 1 is 0.268 bits per heavy atom. The van der Waals surface area contributed by atoms with E-state index in [9.17, 15) is 0 Å². The van der Waals surface area contributed by atoms with E-state index in [0.717, 1.165) is 28.2 Å². The lowest BCUT2D eigenvalue weighted by Gasteiger charge is -2.31. The Morgan fingerprint density at radius 3 is 1.45 bits per heavy atom. The van der Waals surface area contributed by atoms with Gasteiger partial charge in [-0.05, 0) is 143 Å². The van der Waals surface area contributed by atoms with Gasteiger partial charge in [0.05, 0.1) is 5.69 Å². The fourth-order valence-corrected chi connectivity index (χ4v) is 11.6. The van der Waals surface area contributed by atoms with Gasteiger partial charge in [0.2, 0.25) is 0 Å². The monoisotopic (exact) mass is 903 g/mol. The molecule has 1 atom stereocenters. The summed E-state index contributed by atoms with van der Waals surface area (Å²) in [6.07, 6.45) is 0. The molecule has 0 spiro atoms. The largest absolute Gasteiger partial charge is 0.310 e. The van der Waals surface area contributed by atoms with E-state index in [1.807, 2.05) is 0 Å². The Bertz CT molecular complexity index is 3920. The highest BCUT2D eigenvalue weighted by atomic mass is 15.1. The second kappa shape index (κ2) is 17.5. The number of benzene rings is 12. The number of fused-ring (bicyclic) bond motifs is 6. The molecule has 0 bridgehead atoms. The smallest absolute Gasteiger partial charge is 0.0543 e. The summed E-state index contributed by atoms with van der Waals surface area (Å²) in [5.74, 6) is 0. The lowest BCUT2D eigenvalue weighted by Crippen LogP contribution is -2.22. The second-order valence-electron chi connectivity index (χ2n) is 18.9. The van der Waals surface area contributed by atoms with Crippen LogP contribution in [0.4, 0.5) is 17.1 Å². The Kier molecular flexibility index (Phi) is 10.4. The van der Waals surface area contributed by atoms with Crippen LogP contribution < -0.4 is 4.90 Å². The summed E-state index contributed by atoms with van der Waals surface area (Å²) in [6.45, 7) is 2.40. The molecule has 13 rings (SSSR count). The van der Waals surface area contributed by atoms with Gasteiger partial charge in [0.15, 0.2) is 0 Å².